The highest BCUT2D eigenvalue weighted by molar-refractivity contribution is 7.80. The average molecular weight is 262 g/mol. The van der Waals surface area contributed by atoms with E-state index in [0.717, 1.165) is 12.5 Å². The van der Waals surface area contributed by atoms with E-state index >= 15 is 0 Å². The lowest BCUT2D eigenvalue weighted by Gasteiger charge is -2.14. The van der Waals surface area contributed by atoms with Gasteiger partial charge in [-0.25, -0.2) is 0 Å². The van der Waals surface area contributed by atoms with E-state index < -0.39 is 11.7 Å². The number of hydrogen-bond acceptors (Lipinski definition) is 2. The predicted octanol–water partition coefficient (Wildman–Crippen LogP) is 3.16. The number of rotatable bonds is 4. The van der Waals surface area contributed by atoms with E-state index in [2.05, 4.69) is 17.5 Å². The van der Waals surface area contributed by atoms with E-state index in [-0.39, 0.29) is 10.6 Å². The molecule has 0 radical (unpaired) electrons. The van der Waals surface area contributed by atoms with E-state index in [1.165, 1.54) is 6.07 Å². The first-order valence-electron chi connectivity index (χ1n) is 5.11. The third-order valence-electron chi connectivity index (χ3n) is 2.17. The van der Waals surface area contributed by atoms with Gasteiger partial charge in [0.25, 0.3) is 0 Å². The van der Waals surface area contributed by atoms with Crippen LogP contribution in [-0.2, 0) is 6.18 Å². The summed E-state index contributed by atoms with van der Waals surface area (Å²) in [5, 5.41) is 2.89. The van der Waals surface area contributed by atoms with Gasteiger partial charge >= 0.3 is 6.18 Å². The largest absolute Gasteiger partial charge is 0.417 e. The van der Waals surface area contributed by atoms with Gasteiger partial charge in [-0.15, -0.1) is 0 Å². The molecule has 0 fully saturated rings. The van der Waals surface area contributed by atoms with Crippen LogP contribution >= 0.6 is 12.2 Å². The molecular formula is C11H13F3N2S. The quantitative estimate of drug-likeness (QED) is 0.819. The van der Waals surface area contributed by atoms with Crippen molar-refractivity contribution in [2.45, 2.75) is 19.5 Å². The fourth-order valence-corrected chi connectivity index (χ4v) is 1.55. The van der Waals surface area contributed by atoms with Gasteiger partial charge in [-0.05, 0) is 24.6 Å². The summed E-state index contributed by atoms with van der Waals surface area (Å²) in [6.07, 6.45) is -3.62. The molecule has 17 heavy (non-hydrogen) atoms. The SMILES string of the molecule is CCCNc1ccc(C(N)=S)c(C(F)(F)F)c1. The van der Waals surface area contributed by atoms with Crippen molar-refractivity contribution in [2.24, 2.45) is 5.73 Å². The number of nitrogens with one attached hydrogen (secondary N) is 1. The highest BCUT2D eigenvalue weighted by atomic mass is 32.1. The maximum absolute atomic E-state index is 12.8. The van der Waals surface area contributed by atoms with E-state index in [1.54, 1.807) is 6.07 Å². The van der Waals surface area contributed by atoms with E-state index in [4.69, 9.17) is 5.73 Å². The molecule has 0 heterocycles. The Hall–Kier alpha value is -1.30. The fraction of sp³-hybridized carbons (Fsp3) is 0.364. The van der Waals surface area contributed by atoms with Crippen LogP contribution in [0.4, 0.5) is 18.9 Å². The first kappa shape index (κ1) is 13.8. The third kappa shape index (κ3) is 3.59. The Morgan fingerprint density at radius 2 is 2.06 bits per heavy atom. The highest BCUT2D eigenvalue weighted by Gasteiger charge is 2.34. The fourth-order valence-electron chi connectivity index (χ4n) is 1.37. The molecule has 0 aliphatic heterocycles. The number of anilines is 1. The van der Waals surface area contributed by atoms with Gasteiger partial charge < -0.3 is 11.1 Å². The zero-order valence-corrected chi connectivity index (χ0v) is 10.1. The standard InChI is InChI=1S/C11H13F3N2S/c1-2-5-16-7-3-4-8(10(15)17)9(6-7)11(12,13)14/h3-4,6,16H,2,5H2,1H3,(H2,15,17). The van der Waals surface area contributed by atoms with Gasteiger partial charge in [0.15, 0.2) is 0 Å². The summed E-state index contributed by atoms with van der Waals surface area (Å²) in [5.41, 5.74) is 4.74. The maximum Gasteiger partial charge on any atom is 0.417 e. The van der Waals surface area contributed by atoms with Gasteiger partial charge in [-0.2, -0.15) is 13.2 Å². The number of thiocarbonyl (C=S) groups is 1. The summed E-state index contributed by atoms with van der Waals surface area (Å²) in [7, 11) is 0. The molecule has 2 nitrogen and oxygen atoms in total. The molecule has 0 bridgehead atoms. The van der Waals surface area contributed by atoms with Gasteiger partial charge in [0, 0.05) is 17.8 Å². The van der Waals surface area contributed by atoms with Crippen LogP contribution in [0.1, 0.15) is 24.5 Å². The summed E-state index contributed by atoms with van der Waals surface area (Å²) in [5.74, 6) is 0. The number of hydrogen-bond donors (Lipinski definition) is 2. The molecule has 0 atom stereocenters. The molecule has 0 spiro atoms. The molecule has 3 N–H and O–H groups in total. The molecule has 0 saturated heterocycles. The van der Waals surface area contributed by atoms with E-state index in [1.807, 2.05) is 6.92 Å². The van der Waals surface area contributed by atoms with Crippen molar-refractivity contribution in [3.8, 4) is 0 Å². The first-order chi connectivity index (χ1) is 7.86. The minimum Gasteiger partial charge on any atom is -0.389 e. The number of benzene rings is 1. The van der Waals surface area contributed by atoms with E-state index in [0.29, 0.717) is 12.2 Å². The van der Waals surface area contributed by atoms with Crippen LogP contribution in [0, 0.1) is 0 Å². The van der Waals surface area contributed by atoms with Gasteiger partial charge in [0.1, 0.15) is 4.99 Å². The second kappa shape index (κ2) is 5.35. The van der Waals surface area contributed by atoms with Crippen molar-refractivity contribution in [3.05, 3.63) is 29.3 Å². The molecule has 0 aliphatic rings. The van der Waals surface area contributed by atoms with Crippen LogP contribution in [-0.4, -0.2) is 11.5 Å². The zero-order valence-electron chi connectivity index (χ0n) is 9.27. The number of halogens is 3. The minimum atomic E-state index is -4.46. The lowest BCUT2D eigenvalue weighted by atomic mass is 10.1. The molecule has 94 valence electrons. The van der Waals surface area contributed by atoms with Crippen molar-refractivity contribution in [1.82, 2.24) is 0 Å². The third-order valence-corrected chi connectivity index (χ3v) is 2.39. The van der Waals surface area contributed by atoms with E-state index in [9.17, 15) is 13.2 Å². The topological polar surface area (TPSA) is 38.0 Å². The Labute approximate surface area is 103 Å². The molecule has 0 saturated carbocycles. The minimum absolute atomic E-state index is 0.144. The molecular weight excluding hydrogens is 249 g/mol. The number of nitrogens with two attached hydrogens (primary N) is 1. The Bertz CT molecular complexity index is 416. The molecule has 0 aromatic heterocycles. The van der Waals surface area contributed by atoms with Crippen LogP contribution in [0.5, 0.6) is 0 Å². The Kier molecular flexibility index (Phi) is 4.34. The summed E-state index contributed by atoms with van der Waals surface area (Å²) in [4.78, 5) is -0.251. The maximum atomic E-state index is 12.8. The van der Waals surface area contributed by atoms with Crippen molar-refractivity contribution < 1.29 is 13.2 Å². The van der Waals surface area contributed by atoms with Gasteiger partial charge in [0.05, 0.1) is 5.56 Å². The van der Waals surface area contributed by atoms with Crippen molar-refractivity contribution in [1.29, 1.82) is 0 Å². The Morgan fingerprint density at radius 1 is 1.41 bits per heavy atom. The predicted molar refractivity (Wildman–Crippen MR) is 66.1 cm³/mol. The molecule has 0 amide bonds. The van der Waals surface area contributed by atoms with Crippen LogP contribution in [0.15, 0.2) is 18.2 Å². The smallest absolute Gasteiger partial charge is 0.389 e. The molecule has 1 aromatic carbocycles. The highest BCUT2D eigenvalue weighted by Crippen LogP contribution is 2.33. The van der Waals surface area contributed by atoms with Gasteiger partial charge in [-0.1, -0.05) is 19.1 Å². The summed E-state index contributed by atoms with van der Waals surface area (Å²) in [6.45, 7) is 2.55. The summed E-state index contributed by atoms with van der Waals surface area (Å²) < 4.78 is 38.3. The van der Waals surface area contributed by atoms with Gasteiger partial charge in [0.2, 0.25) is 0 Å². The second-order valence-corrected chi connectivity index (χ2v) is 3.99. The zero-order chi connectivity index (χ0) is 13.1. The molecule has 1 rings (SSSR count). The molecule has 0 aliphatic carbocycles. The van der Waals surface area contributed by atoms with Crippen LogP contribution in [0.3, 0.4) is 0 Å². The first-order valence-corrected chi connectivity index (χ1v) is 5.52. The number of alkyl halides is 3. The van der Waals surface area contributed by atoms with Crippen LogP contribution in [0.25, 0.3) is 0 Å². The normalized spacial score (nSPS) is 11.3. The molecule has 0 unspecified atom stereocenters. The molecule has 1 aromatic rings. The van der Waals surface area contributed by atoms with Crippen LogP contribution < -0.4 is 11.1 Å². The van der Waals surface area contributed by atoms with Crippen LogP contribution in [0.2, 0.25) is 0 Å². The second-order valence-electron chi connectivity index (χ2n) is 3.55. The average Bonchev–Trinajstić information content (AvgIpc) is 2.24. The monoisotopic (exact) mass is 262 g/mol. The lowest BCUT2D eigenvalue weighted by molar-refractivity contribution is -0.137. The Balaban J connectivity index is 3.15. The Morgan fingerprint density at radius 3 is 2.53 bits per heavy atom. The van der Waals surface area contributed by atoms with Crippen molar-refractivity contribution in [3.63, 3.8) is 0 Å². The van der Waals surface area contributed by atoms with Crippen molar-refractivity contribution >= 4 is 22.9 Å². The van der Waals surface area contributed by atoms with Crippen molar-refractivity contribution in [2.75, 3.05) is 11.9 Å². The summed E-state index contributed by atoms with van der Waals surface area (Å²) >= 11 is 4.61. The summed E-state index contributed by atoms with van der Waals surface area (Å²) in [6, 6.07) is 3.87. The molecule has 6 heteroatoms. The lowest BCUT2D eigenvalue weighted by Crippen LogP contribution is -2.18. The van der Waals surface area contributed by atoms with Gasteiger partial charge in [-0.3, -0.25) is 0 Å².